The maximum Gasteiger partial charge on any atom is 0.231 e. The van der Waals surface area contributed by atoms with E-state index in [1.165, 1.54) is 0 Å². The van der Waals surface area contributed by atoms with E-state index < -0.39 is 0 Å². The zero-order chi connectivity index (χ0) is 22.5. The third-order valence-electron chi connectivity index (χ3n) is 6.45. The number of halogens is 2. The molecule has 2 heterocycles. The largest absolute Gasteiger partial charge is 0.454 e. The van der Waals surface area contributed by atoms with Crippen LogP contribution < -0.4 is 20.1 Å². The Labute approximate surface area is 204 Å². The average Bonchev–Trinajstić information content (AvgIpc) is 3.18. The molecule has 0 saturated heterocycles. The zero-order valence-corrected chi connectivity index (χ0v) is 19.9. The van der Waals surface area contributed by atoms with Crippen molar-refractivity contribution in [2.75, 3.05) is 17.4 Å². The van der Waals surface area contributed by atoms with E-state index >= 15 is 0 Å². The molecular formula is C26H20BrClN2O3. The van der Waals surface area contributed by atoms with Gasteiger partial charge in [-0.15, -0.1) is 0 Å². The number of benzene rings is 3. The lowest BCUT2D eigenvalue weighted by Gasteiger charge is -2.30. The fourth-order valence-electron chi connectivity index (χ4n) is 4.85. The highest BCUT2D eigenvalue weighted by molar-refractivity contribution is 9.10. The predicted octanol–water partition coefficient (Wildman–Crippen LogP) is 6.81. The van der Waals surface area contributed by atoms with Crippen LogP contribution in [-0.2, 0) is 4.79 Å². The number of ketones is 1. The topological polar surface area (TPSA) is 59.6 Å². The molecule has 0 unspecified atom stereocenters. The molecule has 6 rings (SSSR count). The van der Waals surface area contributed by atoms with Crippen LogP contribution in [0.4, 0.5) is 11.4 Å². The highest BCUT2D eigenvalue weighted by atomic mass is 79.9. The monoisotopic (exact) mass is 522 g/mol. The smallest absolute Gasteiger partial charge is 0.231 e. The first kappa shape index (κ1) is 20.6. The number of anilines is 2. The fraction of sp³-hybridized carbons (Fsp3) is 0.192. The number of ether oxygens (including phenoxy) is 2. The molecule has 3 aromatic carbocycles. The van der Waals surface area contributed by atoms with Gasteiger partial charge >= 0.3 is 0 Å². The van der Waals surface area contributed by atoms with E-state index in [1.807, 2.05) is 60.7 Å². The number of Topliss-reactive ketones (excluding diaryl/α,β-unsaturated/α-hetero) is 1. The van der Waals surface area contributed by atoms with Gasteiger partial charge in [-0.3, -0.25) is 4.79 Å². The van der Waals surface area contributed by atoms with Gasteiger partial charge in [-0.1, -0.05) is 51.8 Å². The summed E-state index contributed by atoms with van der Waals surface area (Å²) in [4.78, 5) is 13.7. The van der Waals surface area contributed by atoms with Crippen molar-refractivity contribution in [3.8, 4) is 11.5 Å². The van der Waals surface area contributed by atoms with Crippen LogP contribution in [0.5, 0.6) is 11.5 Å². The van der Waals surface area contributed by atoms with Crippen molar-refractivity contribution >= 4 is 44.7 Å². The van der Waals surface area contributed by atoms with Crippen LogP contribution in [0.1, 0.15) is 35.9 Å². The number of fused-ring (bicyclic) bond motifs is 2. The van der Waals surface area contributed by atoms with E-state index in [9.17, 15) is 4.79 Å². The van der Waals surface area contributed by atoms with Gasteiger partial charge < -0.3 is 20.1 Å². The third kappa shape index (κ3) is 3.67. The van der Waals surface area contributed by atoms with Crippen molar-refractivity contribution in [2.24, 2.45) is 0 Å². The highest BCUT2D eigenvalue weighted by Crippen LogP contribution is 2.47. The molecule has 0 amide bonds. The minimum Gasteiger partial charge on any atom is -0.454 e. The van der Waals surface area contributed by atoms with Crippen LogP contribution in [0.3, 0.4) is 0 Å². The van der Waals surface area contributed by atoms with E-state index in [0.29, 0.717) is 22.9 Å². The summed E-state index contributed by atoms with van der Waals surface area (Å²) in [5.41, 5.74) is 5.65. The Morgan fingerprint density at radius 1 is 0.939 bits per heavy atom. The second-order valence-electron chi connectivity index (χ2n) is 8.45. The van der Waals surface area contributed by atoms with Crippen molar-refractivity contribution in [3.63, 3.8) is 0 Å². The van der Waals surface area contributed by atoms with Crippen molar-refractivity contribution in [2.45, 2.75) is 24.8 Å². The number of carbonyl (C=O) groups excluding carboxylic acids is 1. The molecule has 0 bridgehead atoms. The Hall–Kier alpha value is -2.96. The summed E-state index contributed by atoms with van der Waals surface area (Å²) in [6, 6.07) is 19.4. The average molecular weight is 524 g/mol. The lowest BCUT2D eigenvalue weighted by Crippen LogP contribution is -2.27. The molecule has 166 valence electrons. The fourth-order valence-corrected chi connectivity index (χ4v) is 5.53. The second kappa shape index (κ2) is 8.12. The Bertz CT molecular complexity index is 1310. The molecule has 0 saturated carbocycles. The SMILES string of the molecule is O=C1C[C@H](c2ccc(Cl)cc2)CC2=C1[C@@H](c1cc3c(cc1Br)OCO3)Nc1ccccc1N2. The van der Waals surface area contributed by atoms with Gasteiger partial charge in [0.1, 0.15) is 0 Å². The third-order valence-corrected chi connectivity index (χ3v) is 7.39. The van der Waals surface area contributed by atoms with E-state index in [-0.39, 0.29) is 24.5 Å². The van der Waals surface area contributed by atoms with E-state index in [1.54, 1.807) is 0 Å². The number of carbonyl (C=O) groups is 1. The Kier molecular flexibility index (Phi) is 5.07. The zero-order valence-electron chi connectivity index (χ0n) is 17.5. The summed E-state index contributed by atoms with van der Waals surface area (Å²) in [6.45, 7) is 0.198. The number of nitrogens with one attached hydrogen (secondary N) is 2. The van der Waals surface area contributed by atoms with Gasteiger partial charge in [-0.05, 0) is 59.9 Å². The number of hydrogen-bond donors (Lipinski definition) is 2. The van der Waals surface area contributed by atoms with Gasteiger partial charge in [0.25, 0.3) is 0 Å². The molecule has 2 aliphatic heterocycles. The molecule has 2 N–H and O–H groups in total. The van der Waals surface area contributed by atoms with Gasteiger partial charge in [0.05, 0.1) is 17.4 Å². The highest BCUT2D eigenvalue weighted by Gasteiger charge is 2.37. The Morgan fingerprint density at radius 2 is 1.67 bits per heavy atom. The molecule has 5 nitrogen and oxygen atoms in total. The summed E-state index contributed by atoms with van der Waals surface area (Å²) in [7, 11) is 0. The van der Waals surface area contributed by atoms with Gasteiger partial charge in [0.2, 0.25) is 6.79 Å². The first-order valence-corrected chi connectivity index (χ1v) is 12.0. The van der Waals surface area contributed by atoms with Crippen LogP contribution in [0.15, 0.2) is 76.4 Å². The van der Waals surface area contributed by atoms with E-state index in [4.69, 9.17) is 21.1 Å². The van der Waals surface area contributed by atoms with Crippen LogP contribution in [0, 0.1) is 0 Å². The summed E-state index contributed by atoms with van der Waals surface area (Å²) in [5, 5.41) is 7.88. The van der Waals surface area contributed by atoms with Gasteiger partial charge in [-0.25, -0.2) is 0 Å². The van der Waals surface area contributed by atoms with Crippen molar-refractivity contribution in [1.29, 1.82) is 0 Å². The molecule has 0 fully saturated rings. The predicted molar refractivity (Wildman–Crippen MR) is 132 cm³/mol. The summed E-state index contributed by atoms with van der Waals surface area (Å²) in [5.74, 6) is 1.60. The first-order chi connectivity index (χ1) is 16.1. The van der Waals surface area contributed by atoms with Gasteiger partial charge in [-0.2, -0.15) is 0 Å². The van der Waals surface area contributed by atoms with E-state index in [2.05, 4.69) is 26.6 Å². The molecule has 1 aliphatic carbocycles. The lowest BCUT2D eigenvalue weighted by molar-refractivity contribution is -0.116. The summed E-state index contributed by atoms with van der Waals surface area (Å²) >= 11 is 9.79. The minimum absolute atomic E-state index is 0.0899. The Balaban J connectivity index is 1.47. The maximum absolute atomic E-state index is 13.7. The second-order valence-corrected chi connectivity index (χ2v) is 9.74. The number of allylic oxidation sites excluding steroid dienone is 1. The van der Waals surface area contributed by atoms with Gasteiger partial charge in [0, 0.05) is 27.2 Å². The molecule has 2 atom stereocenters. The first-order valence-electron chi connectivity index (χ1n) is 10.8. The molecule has 7 heteroatoms. The molecule has 0 spiro atoms. The summed E-state index contributed by atoms with van der Waals surface area (Å²) in [6.07, 6.45) is 1.18. The molecule has 0 aromatic heterocycles. The lowest BCUT2D eigenvalue weighted by atomic mass is 9.78. The molecule has 3 aromatic rings. The molecular weight excluding hydrogens is 504 g/mol. The number of hydrogen-bond acceptors (Lipinski definition) is 5. The quantitative estimate of drug-likeness (QED) is 0.386. The van der Waals surface area contributed by atoms with Crippen molar-refractivity contribution in [3.05, 3.63) is 92.6 Å². The van der Waals surface area contributed by atoms with Crippen LogP contribution >= 0.6 is 27.5 Å². The summed E-state index contributed by atoms with van der Waals surface area (Å²) < 4.78 is 12.0. The molecule has 0 radical (unpaired) electrons. The standard InChI is InChI=1S/C26H20BrClN2O3/c27-18-12-24-23(32-13-33-24)11-17(18)26-25-21(29-19-3-1-2-4-20(19)30-26)9-15(10-22(25)31)14-5-7-16(28)8-6-14/h1-8,11-12,15,26,29-30H,9-10,13H2/t15-,26-/m1/s1. The molecule has 33 heavy (non-hydrogen) atoms. The van der Waals surface area contributed by atoms with E-state index in [0.717, 1.165) is 44.7 Å². The van der Waals surface area contributed by atoms with Crippen LogP contribution in [0.25, 0.3) is 0 Å². The molecule has 3 aliphatic rings. The van der Waals surface area contributed by atoms with Crippen LogP contribution in [-0.4, -0.2) is 12.6 Å². The van der Waals surface area contributed by atoms with Gasteiger partial charge in [0.15, 0.2) is 17.3 Å². The number of para-hydroxylation sites is 2. The van der Waals surface area contributed by atoms with Crippen LogP contribution in [0.2, 0.25) is 5.02 Å². The number of rotatable bonds is 2. The van der Waals surface area contributed by atoms with Crippen molar-refractivity contribution in [1.82, 2.24) is 0 Å². The Morgan fingerprint density at radius 3 is 2.45 bits per heavy atom. The van der Waals surface area contributed by atoms with Crippen molar-refractivity contribution < 1.29 is 14.3 Å². The normalized spacial score (nSPS) is 21.0. The maximum atomic E-state index is 13.7. The minimum atomic E-state index is -0.335.